The second-order valence-corrected chi connectivity index (χ2v) is 8.99. The zero-order chi connectivity index (χ0) is 16.9. The molecule has 0 aromatic heterocycles. The van der Waals surface area contributed by atoms with E-state index in [0.29, 0.717) is 19.0 Å². The fourth-order valence-corrected chi connectivity index (χ4v) is 4.53. The van der Waals surface area contributed by atoms with E-state index >= 15 is 0 Å². The number of guanidine groups is 1. The van der Waals surface area contributed by atoms with E-state index in [1.807, 2.05) is 18.8 Å². The van der Waals surface area contributed by atoms with Gasteiger partial charge < -0.3 is 15.1 Å². The molecule has 0 bridgehead atoms. The number of rotatable bonds is 3. The summed E-state index contributed by atoms with van der Waals surface area (Å²) in [5.74, 6) is 2.32. The average molecular weight is 341 g/mol. The Labute approximate surface area is 145 Å². The molecule has 5 nitrogen and oxygen atoms in total. The van der Waals surface area contributed by atoms with Crippen LogP contribution in [0.4, 0.5) is 0 Å². The summed E-state index contributed by atoms with van der Waals surface area (Å²) < 4.78 is 0.259. The van der Waals surface area contributed by atoms with Gasteiger partial charge in [-0.25, -0.2) is 0 Å². The Hall–Kier alpha value is -0.910. The summed E-state index contributed by atoms with van der Waals surface area (Å²) in [6, 6.07) is 0.399. The van der Waals surface area contributed by atoms with Gasteiger partial charge >= 0.3 is 0 Å². The van der Waals surface area contributed by atoms with Crippen molar-refractivity contribution >= 4 is 23.6 Å². The highest BCUT2D eigenvalue weighted by Crippen LogP contribution is 2.29. The summed E-state index contributed by atoms with van der Waals surface area (Å²) in [5.41, 5.74) is 0. The number of aliphatic imine (C=N–C) groups is 1. The number of hydrogen-bond acceptors (Lipinski definition) is 3. The van der Waals surface area contributed by atoms with E-state index in [1.165, 1.54) is 6.42 Å². The van der Waals surface area contributed by atoms with E-state index in [0.717, 1.165) is 44.2 Å². The van der Waals surface area contributed by atoms with Gasteiger partial charge in [0.2, 0.25) is 5.91 Å². The van der Waals surface area contributed by atoms with Gasteiger partial charge in [0, 0.05) is 56.2 Å². The van der Waals surface area contributed by atoms with Crippen molar-refractivity contribution in [3.63, 3.8) is 0 Å². The molecule has 1 unspecified atom stereocenters. The van der Waals surface area contributed by atoms with Crippen molar-refractivity contribution in [1.82, 2.24) is 15.1 Å². The maximum Gasteiger partial charge on any atom is 0.224 e. The molecule has 2 aliphatic rings. The van der Waals surface area contributed by atoms with Gasteiger partial charge in [-0.2, -0.15) is 11.8 Å². The molecule has 2 heterocycles. The van der Waals surface area contributed by atoms with Crippen LogP contribution in [0.15, 0.2) is 4.99 Å². The Morgan fingerprint density at radius 1 is 1.35 bits per heavy atom. The van der Waals surface area contributed by atoms with Crippen LogP contribution in [0.3, 0.4) is 0 Å². The minimum absolute atomic E-state index is 0.259. The fraction of sp³-hybridized carbons (Fsp3) is 0.882. The van der Waals surface area contributed by atoms with Crippen molar-refractivity contribution < 1.29 is 4.79 Å². The number of nitrogens with zero attached hydrogens (tertiary/aromatic N) is 3. The third kappa shape index (κ3) is 5.30. The number of likely N-dealkylation sites (tertiary alicyclic amines) is 1. The lowest BCUT2D eigenvalue weighted by atomic mass is 10.0. The predicted molar refractivity (Wildman–Crippen MR) is 99.1 cm³/mol. The third-order valence-corrected chi connectivity index (χ3v) is 5.98. The lowest BCUT2D eigenvalue weighted by molar-refractivity contribution is -0.134. The molecule has 2 saturated heterocycles. The first-order valence-electron chi connectivity index (χ1n) is 8.82. The number of amides is 1. The molecule has 6 heteroatoms. The Morgan fingerprint density at radius 2 is 2.13 bits per heavy atom. The van der Waals surface area contributed by atoms with E-state index in [4.69, 9.17) is 0 Å². The molecule has 0 aliphatic carbocycles. The maximum absolute atomic E-state index is 12.4. The van der Waals surface area contributed by atoms with Crippen molar-refractivity contribution in [2.24, 2.45) is 4.99 Å². The van der Waals surface area contributed by atoms with Crippen LogP contribution in [0.25, 0.3) is 0 Å². The molecule has 132 valence electrons. The van der Waals surface area contributed by atoms with E-state index in [9.17, 15) is 4.79 Å². The monoisotopic (exact) mass is 340 g/mol. The summed E-state index contributed by atoms with van der Waals surface area (Å²) >= 11 is 2.01. The maximum atomic E-state index is 12.4. The number of carbonyl (C=O) groups is 1. The second-order valence-electron chi connectivity index (χ2n) is 7.19. The summed E-state index contributed by atoms with van der Waals surface area (Å²) in [5, 5.41) is 3.38. The zero-order valence-electron chi connectivity index (χ0n) is 15.1. The van der Waals surface area contributed by atoms with Crippen LogP contribution in [-0.2, 0) is 4.79 Å². The highest BCUT2D eigenvalue weighted by Gasteiger charge is 2.29. The highest BCUT2D eigenvalue weighted by atomic mass is 32.2. The SMILES string of the molecule is CN=C(NCCC(=O)N1CCCCC1C)N1CCSC(C)(C)C1. The Morgan fingerprint density at radius 3 is 2.78 bits per heavy atom. The van der Waals surface area contributed by atoms with Gasteiger partial charge in [-0.15, -0.1) is 0 Å². The zero-order valence-corrected chi connectivity index (χ0v) is 15.9. The minimum Gasteiger partial charge on any atom is -0.356 e. The fourth-order valence-electron chi connectivity index (χ4n) is 3.42. The number of hydrogen-bond donors (Lipinski definition) is 1. The Balaban J connectivity index is 1.78. The molecule has 1 amide bonds. The van der Waals surface area contributed by atoms with Crippen molar-refractivity contribution in [3.05, 3.63) is 0 Å². The first-order chi connectivity index (χ1) is 10.9. The lowest BCUT2D eigenvalue weighted by Crippen LogP contribution is -2.51. The molecular formula is C17H32N4OS. The van der Waals surface area contributed by atoms with Gasteiger partial charge in [0.1, 0.15) is 0 Å². The third-order valence-electron chi connectivity index (χ3n) is 4.68. The second kappa shape index (κ2) is 8.27. The van der Waals surface area contributed by atoms with Gasteiger partial charge in [-0.1, -0.05) is 0 Å². The standard InChI is InChI=1S/C17H32N4OS/c1-14-7-5-6-10-21(14)15(22)8-9-19-16(18-4)20-11-12-23-17(2,3)13-20/h14H,5-13H2,1-4H3,(H,18,19). The summed E-state index contributed by atoms with van der Waals surface area (Å²) in [6.45, 7) is 10.3. The molecule has 0 spiro atoms. The predicted octanol–water partition coefficient (Wildman–Crippen LogP) is 2.18. The van der Waals surface area contributed by atoms with Crippen molar-refractivity contribution in [1.29, 1.82) is 0 Å². The van der Waals surface area contributed by atoms with Crippen molar-refractivity contribution in [3.8, 4) is 0 Å². The first kappa shape index (κ1) is 18.4. The van der Waals surface area contributed by atoms with Gasteiger partial charge in [0.15, 0.2) is 5.96 Å². The first-order valence-corrected chi connectivity index (χ1v) is 9.80. The molecule has 0 aromatic rings. The van der Waals surface area contributed by atoms with Gasteiger partial charge in [-0.3, -0.25) is 9.79 Å². The van der Waals surface area contributed by atoms with Gasteiger partial charge in [0.05, 0.1) is 0 Å². The van der Waals surface area contributed by atoms with Crippen molar-refractivity contribution in [2.45, 2.75) is 57.2 Å². The summed E-state index contributed by atoms with van der Waals surface area (Å²) in [7, 11) is 1.83. The molecule has 0 saturated carbocycles. The van der Waals surface area contributed by atoms with Gasteiger partial charge in [-0.05, 0) is 40.0 Å². The van der Waals surface area contributed by atoms with Crippen LogP contribution in [0, 0.1) is 0 Å². The van der Waals surface area contributed by atoms with Gasteiger partial charge in [0.25, 0.3) is 0 Å². The normalized spacial score (nSPS) is 25.4. The van der Waals surface area contributed by atoms with Crippen molar-refractivity contribution in [2.75, 3.05) is 39.0 Å². The molecule has 2 fully saturated rings. The molecule has 1 atom stereocenters. The molecule has 0 aromatic carbocycles. The topological polar surface area (TPSA) is 47.9 Å². The van der Waals surface area contributed by atoms with E-state index in [1.54, 1.807) is 0 Å². The molecule has 0 radical (unpaired) electrons. The minimum atomic E-state index is 0.259. The van der Waals surface area contributed by atoms with Crippen LogP contribution >= 0.6 is 11.8 Å². The average Bonchev–Trinajstić information content (AvgIpc) is 2.50. The number of piperidine rings is 1. The van der Waals surface area contributed by atoms with E-state index < -0.39 is 0 Å². The Bertz CT molecular complexity index is 438. The van der Waals surface area contributed by atoms with E-state index in [-0.39, 0.29) is 10.7 Å². The van der Waals surface area contributed by atoms with Crippen LogP contribution in [0.1, 0.15) is 46.5 Å². The highest BCUT2D eigenvalue weighted by molar-refractivity contribution is 8.00. The van der Waals surface area contributed by atoms with Crippen LogP contribution < -0.4 is 5.32 Å². The van der Waals surface area contributed by atoms with Crippen LogP contribution in [-0.4, -0.2) is 71.4 Å². The summed E-state index contributed by atoms with van der Waals surface area (Å²) in [6.07, 6.45) is 4.08. The largest absolute Gasteiger partial charge is 0.356 e. The number of thioether (sulfide) groups is 1. The summed E-state index contributed by atoms with van der Waals surface area (Å²) in [4.78, 5) is 21.1. The lowest BCUT2D eigenvalue weighted by Gasteiger charge is -2.39. The molecule has 1 N–H and O–H groups in total. The molecule has 2 aliphatic heterocycles. The van der Waals surface area contributed by atoms with Crippen LogP contribution in [0.2, 0.25) is 0 Å². The molecule has 2 rings (SSSR count). The smallest absolute Gasteiger partial charge is 0.224 e. The number of nitrogens with one attached hydrogen (secondary N) is 1. The molecular weight excluding hydrogens is 308 g/mol. The molecule has 23 heavy (non-hydrogen) atoms. The van der Waals surface area contributed by atoms with Crippen LogP contribution in [0.5, 0.6) is 0 Å². The van der Waals surface area contributed by atoms with E-state index in [2.05, 4.69) is 40.9 Å². The Kier molecular flexibility index (Phi) is 6.62. The quantitative estimate of drug-likeness (QED) is 0.632. The number of carbonyl (C=O) groups excluding carboxylic acids is 1.